The Kier molecular flexibility index (Phi) is 4.36. The Hall–Kier alpha value is -1.66. The average Bonchev–Trinajstić information content (AvgIpc) is 3.11. The van der Waals surface area contributed by atoms with Crippen molar-refractivity contribution in [3.63, 3.8) is 0 Å². The number of carbonyl (C=O) groups excluding carboxylic acids is 1. The van der Waals surface area contributed by atoms with Crippen LogP contribution in [0.3, 0.4) is 0 Å². The summed E-state index contributed by atoms with van der Waals surface area (Å²) in [5, 5.41) is 9.65. The number of amides is 1. The minimum Gasteiger partial charge on any atom is -0.337 e. The van der Waals surface area contributed by atoms with Crippen LogP contribution in [0.25, 0.3) is 0 Å². The Labute approximate surface area is 128 Å². The second-order valence-electron chi connectivity index (χ2n) is 5.34. The smallest absolute Gasteiger partial charge is 0.236 e. The Morgan fingerprint density at radius 1 is 1.48 bits per heavy atom. The largest absolute Gasteiger partial charge is 0.337 e. The molecule has 21 heavy (non-hydrogen) atoms. The van der Waals surface area contributed by atoms with Gasteiger partial charge in [0, 0.05) is 44.2 Å². The Morgan fingerprint density at radius 3 is 3.19 bits per heavy atom. The molecule has 0 saturated heterocycles. The van der Waals surface area contributed by atoms with Crippen molar-refractivity contribution in [2.75, 3.05) is 19.6 Å². The number of hydrogen-bond donors (Lipinski definition) is 1. The number of aryl methyl sites for hydroxylation is 1. The summed E-state index contributed by atoms with van der Waals surface area (Å²) in [7, 11) is 1.91. The number of aromatic nitrogens is 2. The van der Waals surface area contributed by atoms with E-state index in [-0.39, 0.29) is 5.91 Å². The monoisotopic (exact) mass is 304 g/mol. The lowest BCUT2D eigenvalue weighted by Crippen LogP contribution is -2.41. The van der Waals surface area contributed by atoms with Crippen molar-refractivity contribution >= 4 is 17.2 Å². The van der Waals surface area contributed by atoms with Crippen LogP contribution in [0.4, 0.5) is 0 Å². The molecule has 1 aliphatic heterocycles. The van der Waals surface area contributed by atoms with Gasteiger partial charge in [-0.1, -0.05) is 0 Å². The molecule has 0 spiro atoms. The van der Waals surface area contributed by atoms with Crippen LogP contribution >= 0.6 is 11.3 Å². The fraction of sp³-hybridized carbons (Fsp3) is 0.467. The van der Waals surface area contributed by atoms with E-state index in [1.54, 1.807) is 16.0 Å². The minimum absolute atomic E-state index is 0.188. The highest BCUT2D eigenvalue weighted by atomic mass is 32.1. The number of hydrogen-bond acceptors (Lipinski definition) is 4. The van der Waals surface area contributed by atoms with Gasteiger partial charge in [-0.05, 0) is 29.5 Å². The van der Waals surface area contributed by atoms with Crippen LogP contribution in [0.2, 0.25) is 0 Å². The van der Waals surface area contributed by atoms with E-state index in [4.69, 9.17) is 0 Å². The van der Waals surface area contributed by atoms with Crippen molar-refractivity contribution in [2.24, 2.45) is 7.05 Å². The number of nitrogens with one attached hydrogen (secondary N) is 1. The molecule has 0 atom stereocenters. The van der Waals surface area contributed by atoms with Crippen LogP contribution in [-0.4, -0.2) is 40.2 Å². The first-order chi connectivity index (χ1) is 10.2. The maximum Gasteiger partial charge on any atom is 0.236 e. The van der Waals surface area contributed by atoms with Gasteiger partial charge < -0.3 is 10.2 Å². The van der Waals surface area contributed by atoms with Crippen LogP contribution in [0.1, 0.15) is 16.1 Å². The molecule has 0 fully saturated rings. The molecule has 3 heterocycles. The summed E-state index contributed by atoms with van der Waals surface area (Å²) in [4.78, 5) is 15.6. The lowest BCUT2D eigenvalue weighted by atomic mass is 10.1. The van der Waals surface area contributed by atoms with Crippen LogP contribution in [0.15, 0.2) is 23.7 Å². The van der Waals surface area contributed by atoms with Crippen molar-refractivity contribution < 1.29 is 4.79 Å². The third-order valence-electron chi connectivity index (χ3n) is 3.76. The molecule has 0 saturated carbocycles. The zero-order valence-electron chi connectivity index (χ0n) is 12.2. The predicted octanol–water partition coefficient (Wildman–Crippen LogP) is 1.20. The van der Waals surface area contributed by atoms with E-state index in [1.807, 2.05) is 24.2 Å². The van der Waals surface area contributed by atoms with E-state index in [0.717, 1.165) is 38.2 Å². The SMILES string of the molecule is Cn1ccc(CCNCC(=O)N2CCc3sccc3C2)n1. The van der Waals surface area contributed by atoms with Gasteiger partial charge >= 0.3 is 0 Å². The fourth-order valence-corrected chi connectivity index (χ4v) is 3.47. The van der Waals surface area contributed by atoms with Crippen LogP contribution in [-0.2, 0) is 31.2 Å². The summed E-state index contributed by atoms with van der Waals surface area (Å²) >= 11 is 1.80. The molecule has 2 aromatic heterocycles. The maximum atomic E-state index is 12.2. The summed E-state index contributed by atoms with van der Waals surface area (Å²) in [5.41, 5.74) is 2.37. The number of carbonyl (C=O) groups is 1. The number of rotatable bonds is 5. The molecule has 112 valence electrons. The van der Waals surface area contributed by atoms with E-state index >= 15 is 0 Å². The van der Waals surface area contributed by atoms with Crippen molar-refractivity contribution in [1.82, 2.24) is 20.0 Å². The molecule has 3 rings (SSSR count). The first kappa shape index (κ1) is 14.3. The molecule has 0 aromatic carbocycles. The number of thiophene rings is 1. The summed E-state index contributed by atoms with van der Waals surface area (Å²) in [6.45, 7) is 2.79. The van der Waals surface area contributed by atoms with Gasteiger partial charge in [-0.15, -0.1) is 11.3 Å². The van der Waals surface area contributed by atoms with Gasteiger partial charge in [0.15, 0.2) is 0 Å². The summed E-state index contributed by atoms with van der Waals surface area (Å²) in [6.07, 6.45) is 3.78. The van der Waals surface area contributed by atoms with E-state index in [2.05, 4.69) is 21.9 Å². The fourth-order valence-electron chi connectivity index (χ4n) is 2.58. The lowest BCUT2D eigenvalue weighted by molar-refractivity contribution is -0.131. The van der Waals surface area contributed by atoms with Crippen molar-refractivity contribution in [3.8, 4) is 0 Å². The van der Waals surface area contributed by atoms with Crippen LogP contribution in [0, 0.1) is 0 Å². The van der Waals surface area contributed by atoms with Gasteiger partial charge in [-0.25, -0.2) is 0 Å². The normalized spacial score (nSPS) is 14.2. The van der Waals surface area contributed by atoms with Crippen molar-refractivity contribution in [3.05, 3.63) is 39.8 Å². The molecule has 1 aliphatic rings. The Balaban J connectivity index is 1.41. The van der Waals surface area contributed by atoms with Gasteiger partial charge in [0.2, 0.25) is 5.91 Å². The molecule has 0 radical (unpaired) electrons. The van der Waals surface area contributed by atoms with E-state index in [0.29, 0.717) is 6.54 Å². The Morgan fingerprint density at radius 2 is 2.38 bits per heavy atom. The van der Waals surface area contributed by atoms with Crippen molar-refractivity contribution in [2.45, 2.75) is 19.4 Å². The predicted molar refractivity (Wildman–Crippen MR) is 83.2 cm³/mol. The minimum atomic E-state index is 0.188. The van der Waals surface area contributed by atoms with Gasteiger partial charge in [0.25, 0.3) is 0 Å². The standard InChI is InChI=1S/C15H20N4OS/c1-18-7-3-13(17-18)2-6-16-10-15(20)19-8-4-14-12(11-19)5-9-21-14/h3,5,7,9,16H,2,4,6,8,10-11H2,1H3. The molecule has 5 nitrogen and oxygen atoms in total. The lowest BCUT2D eigenvalue weighted by Gasteiger charge is -2.27. The highest BCUT2D eigenvalue weighted by molar-refractivity contribution is 7.10. The van der Waals surface area contributed by atoms with Crippen LogP contribution < -0.4 is 5.32 Å². The topological polar surface area (TPSA) is 50.2 Å². The second-order valence-corrected chi connectivity index (χ2v) is 6.34. The average molecular weight is 304 g/mol. The van der Waals surface area contributed by atoms with Crippen molar-refractivity contribution in [1.29, 1.82) is 0 Å². The third kappa shape index (κ3) is 3.51. The van der Waals surface area contributed by atoms with E-state index in [1.165, 1.54) is 10.4 Å². The molecular formula is C15H20N4OS. The molecule has 0 bridgehead atoms. The van der Waals surface area contributed by atoms with Gasteiger partial charge in [-0.2, -0.15) is 5.10 Å². The highest BCUT2D eigenvalue weighted by Crippen LogP contribution is 2.23. The summed E-state index contributed by atoms with van der Waals surface area (Å²) in [6, 6.07) is 4.14. The quantitative estimate of drug-likeness (QED) is 0.845. The molecule has 6 heteroatoms. The summed E-state index contributed by atoms with van der Waals surface area (Å²) < 4.78 is 1.80. The second kappa shape index (κ2) is 6.41. The maximum absolute atomic E-state index is 12.2. The van der Waals surface area contributed by atoms with Gasteiger partial charge in [-0.3, -0.25) is 9.48 Å². The Bertz CT molecular complexity index is 619. The zero-order chi connectivity index (χ0) is 14.7. The van der Waals surface area contributed by atoms with Crippen LogP contribution in [0.5, 0.6) is 0 Å². The zero-order valence-corrected chi connectivity index (χ0v) is 13.0. The molecular weight excluding hydrogens is 284 g/mol. The first-order valence-corrected chi connectivity index (χ1v) is 8.12. The molecule has 1 amide bonds. The van der Waals surface area contributed by atoms with E-state index < -0.39 is 0 Å². The number of fused-ring (bicyclic) bond motifs is 1. The summed E-state index contributed by atoms with van der Waals surface area (Å²) in [5.74, 6) is 0.188. The highest BCUT2D eigenvalue weighted by Gasteiger charge is 2.20. The first-order valence-electron chi connectivity index (χ1n) is 7.24. The molecule has 0 aliphatic carbocycles. The van der Waals surface area contributed by atoms with E-state index in [9.17, 15) is 4.79 Å². The third-order valence-corrected chi connectivity index (χ3v) is 4.79. The number of nitrogens with zero attached hydrogens (tertiary/aromatic N) is 3. The molecule has 0 unspecified atom stereocenters. The van der Waals surface area contributed by atoms with Gasteiger partial charge in [0.1, 0.15) is 0 Å². The molecule has 2 aromatic rings. The van der Waals surface area contributed by atoms with Gasteiger partial charge in [0.05, 0.1) is 12.2 Å². The molecule has 1 N–H and O–H groups in total.